The molecule has 1 fully saturated rings. The van der Waals surface area contributed by atoms with Gasteiger partial charge in [-0.15, -0.1) is 11.3 Å². The van der Waals surface area contributed by atoms with Crippen LogP contribution in [0, 0.1) is 0 Å². The van der Waals surface area contributed by atoms with Crippen LogP contribution in [0.15, 0.2) is 53.5 Å². The van der Waals surface area contributed by atoms with Gasteiger partial charge in [-0.2, -0.15) is 0 Å². The number of carbonyl (C=O) groups excluding carboxylic acids is 2. The van der Waals surface area contributed by atoms with Crippen LogP contribution in [0.4, 0.5) is 10.5 Å². The summed E-state index contributed by atoms with van der Waals surface area (Å²) in [5.74, 6) is -0.266. The van der Waals surface area contributed by atoms with E-state index in [4.69, 9.17) is 21.1 Å². The molecular formula is C23H22ClN3O5S. The summed E-state index contributed by atoms with van der Waals surface area (Å²) in [6.45, 7) is 3.15. The molecule has 0 unspecified atom stereocenters. The number of nitrogens with zero attached hydrogens (tertiary/aromatic N) is 1. The lowest BCUT2D eigenvalue weighted by molar-refractivity contribution is 0.0920. The van der Waals surface area contributed by atoms with E-state index in [0.717, 1.165) is 11.1 Å². The number of H-pyrrole nitrogens is 1. The summed E-state index contributed by atoms with van der Waals surface area (Å²) in [5, 5.41) is 2.77. The third-order valence-electron chi connectivity index (χ3n) is 5.13. The Morgan fingerprint density at radius 1 is 1.27 bits per heavy atom. The Labute approximate surface area is 199 Å². The lowest BCUT2D eigenvalue weighted by Gasteiger charge is -2.17. The van der Waals surface area contributed by atoms with Crippen LogP contribution in [-0.2, 0) is 16.1 Å². The molecule has 33 heavy (non-hydrogen) atoms. The summed E-state index contributed by atoms with van der Waals surface area (Å²) in [5.41, 5.74) is 2.47. The van der Waals surface area contributed by atoms with Crippen molar-refractivity contribution in [3.05, 3.63) is 73.8 Å². The van der Waals surface area contributed by atoms with Crippen LogP contribution in [0.2, 0.25) is 4.34 Å². The molecule has 1 aliphatic heterocycles. The van der Waals surface area contributed by atoms with Crippen molar-refractivity contribution in [3.63, 3.8) is 0 Å². The van der Waals surface area contributed by atoms with Crippen LogP contribution in [0.1, 0.15) is 22.2 Å². The summed E-state index contributed by atoms with van der Waals surface area (Å²) in [7, 11) is 0. The number of amides is 2. The lowest BCUT2D eigenvalue weighted by Crippen LogP contribution is -2.34. The monoisotopic (exact) mass is 487 g/mol. The lowest BCUT2D eigenvalue weighted by atomic mass is 10.00. The number of thiophene rings is 1. The normalized spacial score (nSPS) is 15.5. The van der Waals surface area contributed by atoms with E-state index in [1.54, 1.807) is 42.6 Å². The number of hydrogen-bond acceptors (Lipinski definition) is 6. The topological polar surface area (TPSA) is 101 Å². The van der Waals surface area contributed by atoms with E-state index in [9.17, 15) is 14.4 Å². The average molecular weight is 488 g/mol. The van der Waals surface area contributed by atoms with Crippen molar-refractivity contribution in [2.45, 2.75) is 19.6 Å². The Hall–Kier alpha value is -3.14. The molecule has 0 spiro atoms. The van der Waals surface area contributed by atoms with Crippen LogP contribution < -0.4 is 15.8 Å². The molecule has 8 nitrogen and oxygen atoms in total. The van der Waals surface area contributed by atoms with Crippen molar-refractivity contribution in [2.24, 2.45) is 0 Å². The van der Waals surface area contributed by atoms with Gasteiger partial charge in [0, 0.05) is 24.1 Å². The maximum absolute atomic E-state index is 12.5. The number of nitrogens with one attached hydrogen (secondary N) is 2. The van der Waals surface area contributed by atoms with Gasteiger partial charge in [-0.1, -0.05) is 17.7 Å². The predicted molar refractivity (Wildman–Crippen MR) is 127 cm³/mol. The van der Waals surface area contributed by atoms with Gasteiger partial charge in [-0.25, -0.2) is 4.79 Å². The Morgan fingerprint density at radius 3 is 2.85 bits per heavy atom. The average Bonchev–Trinajstić information content (AvgIpc) is 3.41. The zero-order valence-corrected chi connectivity index (χ0v) is 19.4. The zero-order chi connectivity index (χ0) is 23.4. The molecule has 1 aromatic carbocycles. The number of hydrogen-bond donors (Lipinski definition) is 2. The second-order valence-corrected chi connectivity index (χ2v) is 9.04. The van der Waals surface area contributed by atoms with Crippen molar-refractivity contribution >= 4 is 40.6 Å². The van der Waals surface area contributed by atoms with Crippen molar-refractivity contribution < 1.29 is 19.1 Å². The van der Waals surface area contributed by atoms with E-state index in [-0.39, 0.29) is 24.6 Å². The van der Waals surface area contributed by atoms with Gasteiger partial charge in [-0.3, -0.25) is 14.5 Å². The highest BCUT2D eigenvalue weighted by Crippen LogP contribution is 2.29. The molecule has 1 aliphatic rings. The van der Waals surface area contributed by atoms with Crippen molar-refractivity contribution in [1.82, 2.24) is 10.3 Å². The Morgan fingerprint density at radius 2 is 2.12 bits per heavy atom. The molecular weight excluding hydrogens is 466 g/mol. The van der Waals surface area contributed by atoms with E-state index in [0.29, 0.717) is 33.7 Å². The second-order valence-electron chi connectivity index (χ2n) is 7.32. The number of cyclic esters (lactones) is 1. The molecule has 1 atom stereocenters. The molecule has 10 heteroatoms. The fraction of sp³-hybridized carbons (Fsp3) is 0.261. The van der Waals surface area contributed by atoms with Gasteiger partial charge >= 0.3 is 6.09 Å². The van der Waals surface area contributed by atoms with Gasteiger partial charge in [0.25, 0.3) is 11.5 Å². The van der Waals surface area contributed by atoms with Gasteiger partial charge in [0.1, 0.15) is 6.10 Å². The van der Waals surface area contributed by atoms with Gasteiger partial charge in [0.2, 0.25) is 0 Å². The highest BCUT2D eigenvalue weighted by Gasteiger charge is 2.33. The van der Waals surface area contributed by atoms with Crippen LogP contribution >= 0.6 is 22.9 Å². The minimum atomic E-state index is -0.499. The van der Waals surface area contributed by atoms with E-state index in [2.05, 4.69) is 10.3 Å². The second kappa shape index (κ2) is 10.2. The van der Waals surface area contributed by atoms with Gasteiger partial charge in [-0.05, 0) is 54.4 Å². The highest BCUT2D eigenvalue weighted by atomic mass is 35.5. The third-order valence-corrected chi connectivity index (χ3v) is 6.36. The molecule has 0 radical (unpaired) electrons. The first-order valence-corrected chi connectivity index (χ1v) is 11.6. The number of pyridine rings is 1. The number of aromatic nitrogens is 1. The first-order valence-electron chi connectivity index (χ1n) is 10.4. The quantitative estimate of drug-likeness (QED) is 0.499. The number of anilines is 1. The summed E-state index contributed by atoms with van der Waals surface area (Å²) in [4.78, 5) is 41.7. The van der Waals surface area contributed by atoms with E-state index in [1.165, 1.54) is 16.2 Å². The highest BCUT2D eigenvalue weighted by molar-refractivity contribution is 7.18. The molecule has 2 N–H and O–H groups in total. The molecule has 3 heterocycles. The van der Waals surface area contributed by atoms with Crippen molar-refractivity contribution in [3.8, 4) is 11.1 Å². The Kier molecular flexibility index (Phi) is 7.12. The van der Waals surface area contributed by atoms with Crippen LogP contribution in [0.25, 0.3) is 11.1 Å². The number of ether oxygens (including phenoxy) is 2. The number of aromatic amines is 1. The Balaban J connectivity index is 1.49. The molecule has 172 valence electrons. The summed E-state index contributed by atoms with van der Waals surface area (Å²) in [6, 6.07) is 12.2. The molecule has 0 saturated carbocycles. The first-order chi connectivity index (χ1) is 16.0. The molecule has 0 bridgehead atoms. The summed E-state index contributed by atoms with van der Waals surface area (Å²) in [6.07, 6.45) is 0.583. The number of benzene rings is 1. The molecule has 4 rings (SSSR count). The van der Waals surface area contributed by atoms with Crippen LogP contribution in [-0.4, -0.2) is 42.8 Å². The largest absolute Gasteiger partial charge is 0.442 e. The maximum atomic E-state index is 12.5. The smallest absolute Gasteiger partial charge is 0.414 e. The molecule has 3 aromatic rings. The summed E-state index contributed by atoms with van der Waals surface area (Å²) < 4.78 is 11.6. The van der Waals surface area contributed by atoms with E-state index < -0.39 is 12.2 Å². The van der Waals surface area contributed by atoms with E-state index in [1.807, 2.05) is 13.0 Å². The van der Waals surface area contributed by atoms with Crippen molar-refractivity contribution in [2.75, 3.05) is 24.6 Å². The first kappa shape index (κ1) is 23.0. The van der Waals surface area contributed by atoms with Gasteiger partial charge in [0.15, 0.2) is 0 Å². The van der Waals surface area contributed by atoms with E-state index >= 15 is 0 Å². The summed E-state index contributed by atoms with van der Waals surface area (Å²) >= 11 is 7.06. The molecule has 2 amide bonds. The van der Waals surface area contributed by atoms with Crippen molar-refractivity contribution in [1.29, 1.82) is 0 Å². The standard InChI is InChI=1S/C23H22ClN3O5S/c1-2-31-13-14-10-15(5-6-17(14)18-4-3-9-25-21(18)28)27-12-16(32-23(27)30)11-26-22(29)19-7-8-20(24)33-19/h3-10,16H,2,11-13H2,1H3,(H,25,28)(H,26,29)/t16-/m0/s1. The molecule has 2 aromatic heterocycles. The predicted octanol–water partition coefficient (Wildman–Crippen LogP) is 4.05. The SMILES string of the molecule is CCOCc1cc(N2C[C@H](CNC(=O)c3ccc(Cl)s3)OC2=O)ccc1-c1ccc[nH]c1=O. The molecule has 0 aliphatic carbocycles. The fourth-order valence-electron chi connectivity index (χ4n) is 3.54. The fourth-order valence-corrected chi connectivity index (χ4v) is 4.50. The van der Waals surface area contributed by atoms with Gasteiger partial charge < -0.3 is 19.8 Å². The minimum absolute atomic E-state index is 0.180. The Bertz CT molecular complexity index is 1220. The third kappa shape index (κ3) is 5.27. The van der Waals surface area contributed by atoms with Gasteiger partial charge in [0.05, 0.1) is 28.9 Å². The maximum Gasteiger partial charge on any atom is 0.414 e. The number of rotatable bonds is 8. The zero-order valence-electron chi connectivity index (χ0n) is 17.8. The number of halogens is 1. The number of carbonyl (C=O) groups is 2. The molecule has 1 saturated heterocycles. The minimum Gasteiger partial charge on any atom is -0.442 e. The van der Waals surface area contributed by atoms with Crippen LogP contribution in [0.3, 0.4) is 0 Å². The van der Waals surface area contributed by atoms with Crippen LogP contribution in [0.5, 0.6) is 0 Å².